The van der Waals surface area contributed by atoms with Gasteiger partial charge in [0.2, 0.25) is 0 Å². The van der Waals surface area contributed by atoms with Crippen LogP contribution in [0.5, 0.6) is 0 Å². The fourth-order valence-corrected chi connectivity index (χ4v) is 2.59. The maximum atomic E-state index is 5.74. The standard InChI is InChI=1S/C14H16N2S/c15-13-5-1-3-11(7-13)9-17-10-12-4-2-6-14(16)8-12/h1-8H,9-10,15-16H2. The molecule has 2 nitrogen and oxygen atoms in total. The first kappa shape index (κ1) is 11.9. The van der Waals surface area contributed by atoms with Crippen molar-refractivity contribution in [2.75, 3.05) is 11.5 Å². The molecule has 0 radical (unpaired) electrons. The summed E-state index contributed by atoms with van der Waals surface area (Å²) >= 11 is 1.87. The molecule has 0 atom stereocenters. The Morgan fingerprint density at radius 2 is 1.24 bits per heavy atom. The van der Waals surface area contributed by atoms with Crippen LogP contribution in [-0.4, -0.2) is 0 Å². The third kappa shape index (κ3) is 3.71. The summed E-state index contributed by atoms with van der Waals surface area (Å²) in [5.74, 6) is 1.94. The summed E-state index contributed by atoms with van der Waals surface area (Å²) in [5, 5.41) is 0. The Morgan fingerprint density at radius 3 is 1.65 bits per heavy atom. The highest BCUT2D eigenvalue weighted by Gasteiger charge is 1.97. The number of thioether (sulfide) groups is 1. The summed E-state index contributed by atoms with van der Waals surface area (Å²) in [6.07, 6.45) is 0. The van der Waals surface area contributed by atoms with E-state index in [1.165, 1.54) is 11.1 Å². The maximum absolute atomic E-state index is 5.74. The normalized spacial score (nSPS) is 10.4. The molecule has 0 aliphatic heterocycles. The van der Waals surface area contributed by atoms with Crippen molar-refractivity contribution in [3.8, 4) is 0 Å². The zero-order valence-corrected chi connectivity index (χ0v) is 10.4. The quantitative estimate of drug-likeness (QED) is 0.811. The molecule has 2 aromatic carbocycles. The maximum Gasteiger partial charge on any atom is 0.0317 e. The third-order valence-electron chi connectivity index (χ3n) is 2.44. The lowest BCUT2D eigenvalue weighted by Gasteiger charge is -2.04. The minimum atomic E-state index is 0.826. The van der Waals surface area contributed by atoms with E-state index in [0.717, 1.165) is 22.9 Å². The number of nitrogens with two attached hydrogens (primary N) is 2. The second-order valence-corrected chi connectivity index (χ2v) is 4.97. The summed E-state index contributed by atoms with van der Waals surface area (Å²) in [4.78, 5) is 0. The number of rotatable bonds is 4. The number of hydrogen-bond donors (Lipinski definition) is 2. The second kappa shape index (κ2) is 5.64. The highest BCUT2D eigenvalue weighted by Crippen LogP contribution is 2.20. The lowest BCUT2D eigenvalue weighted by molar-refractivity contribution is 1.37. The van der Waals surface area contributed by atoms with E-state index in [0.29, 0.717) is 0 Å². The molecule has 3 heteroatoms. The van der Waals surface area contributed by atoms with E-state index in [1.54, 1.807) is 0 Å². The molecule has 2 rings (SSSR count). The Labute approximate surface area is 106 Å². The second-order valence-electron chi connectivity index (χ2n) is 3.98. The molecule has 2 aromatic rings. The van der Waals surface area contributed by atoms with Crippen LogP contribution in [0.25, 0.3) is 0 Å². The van der Waals surface area contributed by atoms with E-state index in [4.69, 9.17) is 11.5 Å². The van der Waals surface area contributed by atoms with Crippen LogP contribution < -0.4 is 11.5 Å². The average Bonchev–Trinajstić information content (AvgIpc) is 2.29. The number of benzene rings is 2. The Morgan fingerprint density at radius 1 is 0.765 bits per heavy atom. The molecular weight excluding hydrogens is 228 g/mol. The van der Waals surface area contributed by atoms with Crippen molar-refractivity contribution in [2.24, 2.45) is 0 Å². The topological polar surface area (TPSA) is 52.0 Å². The van der Waals surface area contributed by atoms with Gasteiger partial charge in [0.25, 0.3) is 0 Å². The van der Waals surface area contributed by atoms with Gasteiger partial charge < -0.3 is 11.5 Å². The number of anilines is 2. The Hall–Kier alpha value is -1.61. The van der Waals surface area contributed by atoms with E-state index in [1.807, 2.05) is 48.2 Å². The summed E-state index contributed by atoms with van der Waals surface area (Å²) in [6, 6.07) is 16.0. The van der Waals surface area contributed by atoms with Gasteiger partial charge in [-0.25, -0.2) is 0 Å². The van der Waals surface area contributed by atoms with E-state index >= 15 is 0 Å². The molecule has 0 unspecified atom stereocenters. The number of hydrogen-bond acceptors (Lipinski definition) is 3. The molecule has 0 bridgehead atoms. The molecule has 17 heavy (non-hydrogen) atoms. The van der Waals surface area contributed by atoms with Gasteiger partial charge in [0.05, 0.1) is 0 Å². The van der Waals surface area contributed by atoms with Gasteiger partial charge in [-0.05, 0) is 35.4 Å². The summed E-state index contributed by atoms with van der Waals surface area (Å²) < 4.78 is 0. The molecule has 0 aliphatic carbocycles. The van der Waals surface area contributed by atoms with Gasteiger partial charge in [0.15, 0.2) is 0 Å². The molecule has 0 aromatic heterocycles. The summed E-state index contributed by atoms with van der Waals surface area (Å²) in [5.41, 5.74) is 15.6. The van der Waals surface area contributed by atoms with Crippen LogP contribution in [0.3, 0.4) is 0 Å². The van der Waals surface area contributed by atoms with E-state index in [-0.39, 0.29) is 0 Å². The SMILES string of the molecule is Nc1cccc(CSCc2cccc(N)c2)c1. The van der Waals surface area contributed by atoms with Crippen molar-refractivity contribution in [3.63, 3.8) is 0 Å². The largest absolute Gasteiger partial charge is 0.399 e. The highest BCUT2D eigenvalue weighted by molar-refractivity contribution is 7.97. The zero-order chi connectivity index (χ0) is 12.1. The molecule has 0 fully saturated rings. The van der Waals surface area contributed by atoms with Gasteiger partial charge in [0.1, 0.15) is 0 Å². The van der Waals surface area contributed by atoms with Crippen molar-refractivity contribution in [3.05, 3.63) is 59.7 Å². The van der Waals surface area contributed by atoms with Crippen LogP contribution in [0.4, 0.5) is 11.4 Å². The summed E-state index contributed by atoms with van der Waals surface area (Å²) in [7, 11) is 0. The van der Waals surface area contributed by atoms with Crippen molar-refractivity contribution in [1.82, 2.24) is 0 Å². The van der Waals surface area contributed by atoms with Crippen molar-refractivity contribution >= 4 is 23.1 Å². The first-order valence-electron chi connectivity index (χ1n) is 5.50. The Bertz CT molecular complexity index is 452. The lowest BCUT2D eigenvalue weighted by Crippen LogP contribution is -1.89. The molecule has 0 amide bonds. The molecule has 0 saturated heterocycles. The predicted molar refractivity (Wildman–Crippen MR) is 76.7 cm³/mol. The van der Waals surface area contributed by atoms with Crippen LogP contribution in [0.2, 0.25) is 0 Å². The molecule has 0 spiro atoms. The lowest BCUT2D eigenvalue weighted by atomic mass is 10.2. The summed E-state index contributed by atoms with van der Waals surface area (Å²) in [6.45, 7) is 0. The Balaban J connectivity index is 1.87. The minimum absolute atomic E-state index is 0.826. The molecule has 0 heterocycles. The van der Waals surface area contributed by atoms with Gasteiger partial charge >= 0.3 is 0 Å². The van der Waals surface area contributed by atoms with Crippen LogP contribution >= 0.6 is 11.8 Å². The fourth-order valence-electron chi connectivity index (χ4n) is 1.65. The predicted octanol–water partition coefficient (Wildman–Crippen LogP) is 3.28. The van der Waals surface area contributed by atoms with Gasteiger partial charge in [-0.2, -0.15) is 11.8 Å². The smallest absolute Gasteiger partial charge is 0.0317 e. The average molecular weight is 244 g/mol. The molecule has 0 aliphatic rings. The minimum Gasteiger partial charge on any atom is -0.399 e. The molecule has 88 valence electrons. The van der Waals surface area contributed by atoms with Gasteiger partial charge in [0, 0.05) is 22.9 Å². The fraction of sp³-hybridized carbons (Fsp3) is 0.143. The van der Waals surface area contributed by atoms with Gasteiger partial charge in [-0.1, -0.05) is 24.3 Å². The van der Waals surface area contributed by atoms with Gasteiger partial charge in [-0.3, -0.25) is 0 Å². The van der Waals surface area contributed by atoms with Crippen molar-refractivity contribution < 1.29 is 0 Å². The van der Waals surface area contributed by atoms with E-state index in [9.17, 15) is 0 Å². The first-order chi connectivity index (χ1) is 8.24. The van der Waals surface area contributed by atoms with Crippen LogP contribution in [0, 0.1) is 0 Å². The Kier molecular flexibility index (Phi) is 3.94. The zero-order valence-electron chi connectivity index (χ0n) is 9.60. The highest BCUT2D eigenvalue weighted by atomic mass is 32.2. The van der Waals surface area contributed by atoms with Crippen LogP contribution in [-0.2, 0) is 11.5 Å². The van der Waals surface area contributed by atoms with Crippen LogP contribution in [0.1, 0.15) is 11.1 Å². The van der Waals surface area contributed by atoms with Crippen molar-refractivity contribution in [2.45, 2.75) is 11.5 Å². The first-order valence-corrected chi connectivity index (χ1v) is 6.66. The van der Waals surface area contributed by atoms with E-state index < -0.39 is 0 Å². The monoisotopic (exact) mass is 244 g/mol. The molecule has 4 N–H and O–H groups in total. The van der Waals surface area contributed by atoms with Gasteiger partial charge in [-0.15, -0.1) is 0 Å². The molecular formula is C14H16N2S. The molecule has 0 saturated carbocycles. The van der Waals surface area contributed by atoms with Crippen LogP contribution in [0.15, 0.2) is 48.5 Å². The van der Waals surface area contributed by atoms with E-state index in [2.05, 4.69) is 12.1 Å². The van der Waals surface area contributed by atoms with Crippen molar-refractivity contribution in [1.29, 1.82) is 0 Å². The number of nitrogen functional groups attached to an aromatic ring is 2. The third-order valence-corrected chi connectivity index (χ3v) is 3.51.